The number of fused-ring (bicyclic) bond motifs is 7. The molecule has 10 rings (SSSR count). The summed E-state index contributed by atoms with van der Waals surface area (Å²) in [6.45, 7) is 4.30. The first-order valence-corrected chi connectivity index (χ1v) is 24.3. The number of piperidine rings is 1. The molecule has 21 heteroatoms. The Balaban J connectivity index is 0.570. The summed E-state index contributed by atoms with van der Waals surface area (Å²) in [4.78, 5) is 97.0. The van der Waals surface area contributed by atoms with E-state index >= 15 is 0 Å². The summed E-state index contributed by atoms with van der Waals surface area (Å²) in [6, 6.07) is 17.9. The first-order valence-electron chi connectivity index (χ1n) is 24.3. The van der Waals surface area contributed by atoms with E-state index in [2.05, 4.69) is 43.4 Å². The maximum atomic E-state index is 13.4. The molecule has 5 heterocycles. The Labute approximate surface area is 418 Å². The average Bonchev–Trinajstić information content (AvgIpc) is 4.23. The van der Waals surface area contributed by atoms with Crippen LogP contribution in [-0.4, -0.2) is 138 Å². The van der Waals surface area contributed by atoms with Crippen molar-refractivity contribution >= 4 is 69.3 Å². The number of pyridine rings is 1. The van der Waals surface area contributed by atoms with Crippen molar-refractivity contribution in [3.05, 3.63) is 119 Å². The lowest BCUT2D eigenvalue weighted by atomic mass is 9.85. The van der Waals surface area contributed by atoms with Crippen LogP contribution in [0, 0.1) is 23.7 Å². The lowest BCUT2D eigenvalue weighted by Gasteiger charge is -2.27. The van der Waals surface area contributed by atoms with E-state index in [1.54, 1.807) is 59.4 Å². The van der Waals surface area contributed by atoms with Crippen molar-refractivity contribution in [3.8, 4) is 0 Å². The molecule has 3 fully saturated rings. The summed E-state index contributed by atoms with van der Waals surface area (Å²) in [7, 11) is 0. The minimum atomic E-state index is -1.03. The number of rotatable bonds is 24. The predicted octanol–water partition coefficient (Wildman–Crippen LogP) is 3.53. The zero-order valence-electron chi connectivity index (χ0n) is 39.7. The summed E-state index contributed by atoms with van der Waals surface area (Å²) >= 11 is 0. The highest BCUT2D eigenvalue weighted by Gasteiger charge is 2.59. The standard InChI is InChI=1S/C52H53N9O12/c62-42-14-13-41(48(64)56-42)61-49(65)38-4-2-5-39(45(38)52(61)68)53-17-18-69-19-20-70-21-22-71-23-24-72-25-26-73-30-35-29-59(58-57-35)28-34-15-16-54-46-37(34)3-1-6-40(46)55-47(63)31-9-11-36(12-10-31)60-50(66)43-32-7-8-33(27-32)44(43)51(60)67/h1-12,15-16,29,32-33,41,43-44,53H,13-14,17-28,30H2,(H,55,63)(H,56,62,64)/t32-,33?,41?,43-,44+/m1/s1. The fraction of sp³-hybridized carbons (Fsp3) is 0.385. The highest BCUT2D eigenvalue weighted by molar-refractivity contribution is 6.26. The van der Waals surface area contributed by atoms with Crippen LogP contribution < -0.4 is 20.9 Å². The Morgan fingerprint density at radius 3 is 2.08 bits per heavy atom. The van der Waals surface area contributed by atoms with Gasteiger partial charge >= 0.3 is 0 Å². The van der Waals surface area contributed by atoms with Crippen LogP contribution in [0.1, 0.15) is 61.6 Å². The molecule has 2 aliphatic carbocycles. The molecule has 0 spiro atoms. The SMILES string of the molecule is O=C1CCC(N2C(=O)c3cccc(NCCOCCOCCOCCOCCOCc4cn(Cc5ccnc6c(NC(=O)c7ccc(N8C(=O)[C@@H]9[C@@H]%10C=CC(C%10)[C@@H]9C8=O)cc7)cccc56)nn4)c3C2=O)C(=O)N1. The third kappa shape index (κ3) is 10.4. The predicted molar refractivity (Wildman–Crippen MR) is 260 cm³/mol. The lowest BCUT2D eigenvalue weighted by Crippen LogP contribution is -2.54. The van der Waals surface area contributed by atoms with Gasteiger partial charge < -0.3 is 34.3 Å². The molecule has 2 bridgehead atoms. The van der Waals surface area contributed by atoms with Crippen LogP contribution in [0.15, 0.2) is 91.3 Å². The summed E-state index contributed by atoms with van der Waals surface area (Å²) in [6.07, 6.45) is 8.63. The number of anilines is 3. The monoisotopic (exact) mass is 995 g/mol. The van der Waals surface area contributed by atoms with Gasteiger partial charge in [-0.1, -0.05) is 35.6 Å². The van der Waals surface area contributed by atoms with Crippen LogP contribution >= 0.6 is 0 Å². The van der Waals surface area contributed by atoms with Gasteiger partial charge in [-0.15, -0.1) is 5.10 Å². The number of carbonyl (C=O) groups excluding carboxylic acids is 7. The molecular weight excluding hydrogens is 943 g/mol. The van der Waals surface area contributed by atoms with Crippen molar-refractivity contribution in [2.24, 2.45) is 23.7 Å². The number of imide groups is 3. The molecule has 2 unspecified atom stereocenters. The van der Waals surface area contributed by atoms with Crippen LogP contribution in [0.25, 0.3) is 10.9 Å². The van der Waals surface area contributed by atoms with Gasteiger partial charge in [0.2, 0.25) is 23.6 Å². The Bertz CT molecular complexity index is 2950. The number of hydrogen-bond acceptors (Lipinski definition) is 16. The van der Waals surface area contributed by atoms with Crippen LogP contribution in [0.4, 0.5) is 17.1 Å². The number of nitrogens with one attached hydrogen (secondary N) is 3. The fourth-order valence-electron chi connectivity index (χ4n) is 10.2. The van der Waals surface area contributed by atoms with Crippen molar-refractivity contribution in [1.82, 2.24) is 30.2 Å². The second kappa shape index (κ2) is 22.1. The Hall–Kier alpha value is -7.56. The van der Waals surface area contributed by atoms with E-state index in [-0.39, 0.29) is 72.0 Å². The molecule has 5 aliphatic rings. The second-order valence-corrected chi connectivity index (χ2v) is 18.2. The normalized spacial score (nSPS) is 20.9. The molecule has 5 aromatic rings. The molecule has 378 valence electrons. The highest BCUT2D eigenvalue weighted by Crippen LogP contribution is 2.53. The van der Waals surface area contributed by atoms with Crippen LogP contribution in [-0.2, 0) is 56.0 Å². The minimum Gasteiger partial charge on any atom is -0.382 e. The molecule has 2 aromatic heterocycles. The molecule has 5 atom stereocenters. The summed E-state index contributed by atoms with van der Waals surface area (Å²) < 4.78 is 29.8. The van der Waals surface area contributed by atoms with Crippen LogP contribution in [0.2, 0.25) is 0 Å². The number of carbonyl (C=O) groups is 7. The van der Waals surface area contributed by atoms with Gasteiger partial charge in [-0.05, 0) is 78.8 Å². The number of nitrogens with zero attached hydrogens (tertiary/aromatic N) is 6. The number of hydrogen-bond donors (Lipinski definition) is 3. The average molecular weight is 996 g/mol. The van der Waals surface area contributed by atoms with Crippen LogP contribution in [0.5, 0.6) is 0 Å². The molecule has 2 saturated heterocycles. The Morgan fingerprint density at radius 2 is 1.38 bits per heavy atom. The topological polar surface area (TPSA) is 252 Å². The van der Waals surface area contributed by atoms with Gasteiger partial charge in [0, 0.05) is 35.8 Å². The maximum absolute atomic E-state index is 13.4. The van der Waals surface area contributed by atoms with Crippen molar-refractivity contribution in [2.45, 2.75) is 38.5 Å². The number of amides is 7. The third-order valence-electron chi connectivity index (χ3n) is 13.7. The number of allylic oxidation sites excluding steroid dienone is 2. The minimum absolute atomic E-state index is 0.0523. The van der Waals surface area contributed by atoms with Gasteiger partial charge in [-0.25, -0.2) is 4.68 Å². The van der Waals surface area contributed by atoms with Crippen molar-refractivity contribution in [2.75, 3.05) is 81.5 Å². The smallest absolute Gasteiger partial charge is 0.264 e. The molecule has 3 N–H and O–H groups in total. The van der Waals surface area contributed by atoms with E-state index in [1.807, 2.05) is 24.4 Å². The molecule has 21 nitrogen and oxygen atoms in total. The first kappa shape index (κ1) is 49.0. The van der Waals surface area contributed by atoms with Gasteiger partial charge in [-0.3, -0.25) is 53.7 Å². The fourth-order valence-corrected chi connectivity index (χ4v) is 10.2. The third-order valence-corrected chi connectivity index (χ3v) is 13.7. The second-order valence-electron chi connectivity index (χ2n) is 18.2. The molecule has 3 aromatic carbocycles. The number of para-hydroxylation sites is 1. The zero-order valence-corrected chi connectivity index (χ0v) is 39.7. The van der Waals surface area contributed by atoms with Gasteiger partial charge in [0.15, 0.2) is 0 Å². The maximum Gasteiger partial charge on any atom is 0.264 e. The number of benzene rings is 3. The lowest BCUT2D eigenvalue weighted by molar-refractivity contribution is -0.136. The molecule has 7 amide bonds. The Kier molecular flexibility index (Phi) is 14.8. The van der Waals surface area contributed by atoms with E-state index < -0.39 is 29.7 Å². The molecule has 1 saturated carbocycles. The molecular formula is C52H53N9O12. The van der Waals surface area contributed by atoms with E-state index in [9.17, 15) is 33.6 Å². The molecule has 0 radical (unpaired) electrons. The van der Waals surface area contributed by atoms with Gasteiger partial charge in [-0.2, -0.15) is 0 Å². The van der Waals surface area contributed by atoms with Crippen molar-refractivity contribution in [1.29, 1.82) is 0 Å². The van der Waals surface area contributed by atoms with Crippen molar-refractivity contribution in [3.63, 3.8) is 0 Å². The summed E-state index contributed by atoms with van der Waals surface area (Å²) in [5.74, 6) is -3.23. The van der Waals surface area contributed by atoms with Gasteiger partial charge in [0.05, 0.1) is 119 Å². The number of aromatic nitrogens is 4. The highest BCUT2D eigenvalue weighted by atomic mass is 16.6. The first-order chi connectivity index (χ1) is 35.6. The van der Waals surface area contributed by atoms with Gasteiger partial charge in [0.25, 0.3) is 17.7 Å². The number of ether oxygens (including phenoxy) is 5. The van der Waals surface area contributed by atoms with E-state index in [1.165, 1.54) is 4.90 Å². The Morgan fingerprint density at radius 1 is 0.726 bits per heavy atom. The largest absolute Gasteiger partial charge is 0.382 e. The van der Waals surface area contributed by atoms with Crippen LogP contribution in [0.3, 0.4) is 0 Å². The van der Waals surface area contributed by atoms with Gasteiger partial charge in [0.1, 0.15) is 11.7 Å². The molecule has 3 aliphatic heterocycles. The molecule has 73 heavy (non-hydrogen) atoms. The quantitative estimate of drug-likeness (QED) is 0.0454. The van der Waals surface area contributed by atoms with E-state index in [4.69, 9.17) is 23.7 Å². The summed E-state index contributed by atoms with van der Waals surface area (Å²) in [5.41, 5.74) is 4.43. The van der Waals surface area contributed by atoms with E-state index in [0.29, 0.717) is 106 Å². The van der Waals surface area contributed by atoms with Crippen molar-refractivity contribution < 1.29 is 57.2 Å². The zero-order chi connectivity index (χ0) is 50.4. The van der Waals surface area contributed by atoms with E-state index in [0.717, 1.165) is 22.3 Å². The summed E-state index contributed by atoms with van der Waals surface area (Å²) in [5, 5.41) is 17.7.